The van der Waals surface area contributed by atoms with Gasteiger partial charge in [0.05, 0.1) is 5.41 Å². The lowest BCUT2D eigenvalue weighted by molar-refractivity contribution is -0.136. The molecule has 1 aliphatic carbocycles. The van der Waals surface area contributed by atoms with Crippen LogP contribution >= 0.6 is 11.5 Å². The second kappa shape index (κ2) is 9.37. The molecule has 2 amide bonds. The quantitative estimate of drug-likeness (QED) is 0.652. The van der Waals surface area contributed by atoms with Crippen molar-refractivity contribution < 1.29 is 9.59 Å². The highest BCUT2D eigenvalue weighted by atomic mass is 32.1. The van der Waals surface area contributed by atoms with E-state index in [9.17, 15) is 9.59 Å². The number of nitrogens with zero attached hydrogens (tertiary/aromatic N) is 2. The highest BCUT2D eigenvalue weighted by Crippen LogP contribution is 2.56. The Morgan fingerprint density at radius 3 is 2.47 bits per heavy atom. The number of amides is 2. The molecule has 1 aromatic rings. The highest BCUT2D eigenvalue weighted by Gasteiger charge is 2.57. The summed E-state index contributed by atoms with van der Waals surface area (Å²) in [5.74, 6) is -0.168. The van der Waals surface area contributed by atoms with Crippen LogP contribution in [-0.4, -0.2) is 22.3 Å². The fourth-order valence-electron chi connectivity index (χ4n) is 4.27. The van der Waals surface area contributed by atoms with Crippen LogP contribution in [0, 0.1) is 16.7 Å². The molecule has 0 unspecified atom stereocenters. The van der Waals surface area contributed by atoms with Crippen LogP contribution in [0.2, 0.25) is 0 Å². The summed E-state index contributed by atoms with van der Waals surface area (Å²) >= 11 is 1.57. The number of aromatic nitrogens is 1. The molecule has 0 spiro atoms. The molecule has 1 fully saturated rings. The van der Waals surface area contributed by atoms with Gasteiger partial charge in [-0.3, -0.25) is 13.5 Å². The summed E-state index contributed by atoms with van der Waals surface area (Å²) in [6.45, 7) is 17.5. The largest absolute Gasteiger partial charge is 0.356 e. The summed E-state index contributed by atoms with van der Waals surface area (Å²) in [4.78, 5) is 30.9. The molecule has 1 aliphatic rings. The van der Waals surface area contributed by atoms with E-state index in [4.69, 9.17) is 0 Å². The highest BCUT2D eigenvalue weighted by molar-refractivity contribution is 7.04. The first-order valence-corrected chi connectivity index (χ1v) is 12.2. The summed E-state index contributed by atoms with van der Waals surface area (Å²) < 4.78 is 3.03. The van der Waals surface area contributed by atoms with Crippen molar-refractivity contribution >= 4 is 23.3 Å². The minimum atomic E-state index is -0.639. The second-order valence-corrected chi connectivity index (χ2v) is 11.5. The van der Waals surface area contributed by atoms with Gasteiger partial charge in [0.15, 0.2) is 0 Å². The van der Waals surface area contributed by atoms with Gasteiger partial charge in [-0.2, -0.15) is 0 Å². The lowest BCUT2D eigenvalue weighted by atomic mass is 9.65. The van der Waals surface area contributed by atoms with Gasteiger partial charge < -0.3 is 5.32 Å². The van der Waals surface area contributed by atoms with Crippen molar-refractivity contribution in [2.24, 2.45) is 21.7 Å². The molecular weight excluding hydrogens is 394 g/mol. The molecule has 0 bridgehead atoms. The van der Waals surface area contributed by atoms with E-state index < -0.39 is 10.8 Å². The van der Waals surface area contributed by atoms with Crippen molar-refractivity contribution in [2.75, 3.05) is 6.54 Å². The van der Waals surface area contributed by atoms with Crippen molar-refractivity contribution in [3.8, 4) is 0 Å². The Kier molecular flexibility index (Phi) is 7.76. The van der Waals surface area contributed by atoms with Crippen LogP contribution in [0.3, 0.4) is 0 Å². The molecule has 5 nitrogen and oxygen atoms in total. The lowest BCUT2D eigenvalue weighted by Crippen LogP contribution is -2.45. The minimum absolute atomic E-state index is 0.0402. The lowest BCUT2D eigenvalue weighted by Gasteiger charge is -2.38. The van der Waals surface area contributed by atoms with Gasteiger partial charge in [-0.1, -0.05) is 41.0 Å². The second-order valence-electron chi connectivity index (χ2n) is 10.5. The maximum Gasteiger partial charge on any atom is 0.253 e. The molecule has 2 rings (SSSR count). The number of rotatable bonds is 7. The zero-order valence-corrected chi connectivity index (χ0v) is 21.0. The third-order valence-electron chi connectivity index (χ3n) is 6.96. The van der Waals surface area contributed by atoms with Crippen LogP contribution in [0.5, 0.6) is 0 Å². The van der Waals surface area contributed by atoms with Gasteiger partial charge in [0, 0.05) is 29.8 Å². The van der Waals surface area contributed by atoms with Gasteiger partial charge in [0.2, 0.25) is 5.91 Å². The fourth-order valence-corrected chi connectivity index (χ4v) is 5.30. The number of unbranched alkanes of at least 4 members (excludes halogenated alkanes) is 1. The van der Waals surface area contributed by atoms with E-state index in [-0.39, 0.29) is 23.3 Å². The number of nitrogens with one attached hydrogen (secondary N) is 1. The average molecular weight is 436 g/mol. The Hall–Kier alpha value is -1.43. The van der Waals surface area contributed by atoms with E-state index in [0.29, 0.717) is 13.0 Å². The molecule has 1 saturated carbocycles. The van der Waals surface area contributed by atoms with Crippen molar-refractivity contribution in [2.45, 2.75) is 99.5 Å². The first-order chi connectivity index (χ1) is 13.9. The van der Waals surface area contributed by atoms with Crippen molar-refractivity contribution in [1.29, 1.82) is 0 Å². The summed E-state index contributed by atoms with van der Waals surface area (Å²) in [6, 6.07) is 0. The Labute approximate surface area is 186 Å². The molecule has 170 valence electrons. The van der Waals surface area contributed by atoms with Crippen molar-refractivity contribution in [3.63, 3.8) is 0 Å². The number of hydrogen-bond donors (Lipinski definition) is 1. The summed E-state index contributed by atoms with van der Waals surface area (Å²) in [5, 5.41) is 3.03. The Morgan fingerprint density at radius 2 is 1.90 bits per heavy atom. The van der Waals surface area contributed by atoms with Crippen molar-refractivity contribution in [1.82, 2.24) is 9.27 Å². The Bertz CT molecular complexity index is 828. The molecule has 0 aliphatic heterocycles. The monoisotopic (exact) mass is 435 g/mol. The minimum Gasteiger partial charge on any atom is -0.356 e. The van der Waals surface area contributed by atoms with Crippen LogP contribution in [0.15, 0.2) is 11.2 Å². The summed E-state index contributed by atoms with van der Waals surface area (Å²) in [7, 11) is 0. The van der Waals surface area contributed by atoms with Gasteiger partial charge >= 0.3 is 0 Å². The van der Waals surface area contributed by atoms with E-state index in [1.165, 1.54) is 0 Å². The van der Waals surface area contributed by atoms with E-state index >= 15 is 0 Å². The zero-order chi connectivity index (χ0) is 22.7. The van der Waals surface area contributed by atoms with E-state index in [0.717, 1.165) is 42.3 Å². The molecule has 30 heavy (non-hydrogen) atoms. The molecule has 1 heterocycles. The van der Waals surface area contributed by atoms with Gasteiger partial charge in [0.25, 0.3) is 5.91 Å². The van der Waals surface area contributed by atoms with Gasteiger partial charge in [-0.25, -0.2) is 4.99 Å². The topological polar surface area (TPSA) is 63.5 Å². The summed E-state index contributed by atoms with van der Waals surface area (Å²) in [5.41, 5.74) is 0.0368. The Morgan fingerprint density at radius 1 is 1.23 bits per heavy atom. The third-order valence-corrected chi connectivity index (χ3v) is 8.34. The van der Waals surface area contributed by atoms with Gasteiger partial charge in [-0.05, 0) is 69.8 Å². The first kappa shape index (κ1) is 24.8. The van der Waals surface area contributed by atoms with Crippen molar-refractivity contribution in [3.05, 3.63) is 16.4 Å². The number of hydrogen-bond acceptors (Lipinski definition) is 3. The number of aryl methyl sites for hydroxylation is 1. The molecule has 1 N–H and O–H groups in total. The molecule has 0 saturated heterocycles. The average Bonchev–Trinajstić information content (AvgIpc) is 3.17. The third kappa shape index (κ3) is 4.90. The fraction of sp³-hybridized carbons (Fsp3) is 0.792. The van der Waals surface area contributed by atoms with Gasteiger partial charge in [0.1, 0.15) is 4.67 Å². The van der Waals surface area contributed by atoms with Crippen LogP contribution in [0.1, 0.15) is 93.1 Å². The normalized spacial score (nSPS) is 24.3. The SMILES string of the molecule is CCCCc1cn(C(C)(C)C)sc1=NC(=O)[C@@]1(C)CC[C@@H](C(=O)NCCC)C1(C)C. The molecule has 6 heteroatoms. The Balaban J connectivity index is 2.39. The van der Waals surface area contributed by atoms with E-state index in [1.807, 2.05) is 13.8 Å². The van der Waals surface area contributed by atoms with E-state index in [1.54, 1.807) is 11.5 Å². The first-order valence-electron chi connectivity index (χ1n) is 11.5. The maximum absolute atomic E-state index is 13.5. The standard InChI is InChI=1S/C24H41N3O2S/c1-9-11-12-17-16-27(22(3,4)5)30-20(17)26-21(29)24(8)14-13-18(23(24,6)7)19(28)25-15-10-2/h16,18H,9-15H2,1-8H3,(H,25,28)/t18-,24+/m0/s1. The summed E-state index contributed by atoms with van der Waals surface area (Å²) in [6.07, 6.45) is 7.63. The maximum atomic E-state index is 13.5. The van der Waals surface area contributed by atoms with Crippen LogP contribution in [0.4, 0.5) is 0 Å². The zero-order valence-electron chi connectivity index (χ0n) is 20.2. The predicted molar refractivity (Wildman–Crippen MR) is 124 cm³/mol. The molecule has 0 radical (unpaired) electrons. The van der Waals surface area contributed by atoms with Crippen LogP contribution < -0.4 is 9.99 Å². The molecule has 0 aromatic carbocycles. The van der Waals surface area contributed by atoms with Crippen LogP contribution in [-0.2, 0) is 21.5 Å². The molecule has 1 aromatic heterocycles. The number of carbonyl (C=O) groups excluding carboxylic acids is 2. The number of carbonyl (C=O) groups is 2. The molecular formula is C24H41N3O2S. The smallest absolute Gasteiger partial charge is 0.253 e. The molecule has 2 atom stereocenters. The van der Waals surface area contributed by atoms with Gasteiger partial charge in [-0.15, -0.1) is 0 Å². The van der Waals surface area contributed by atoms with Crippen LogP contribution in [0.25, 0.3) is 0 Å². The van der Waals surface area contributed by atoms with E-state index in [2.05, 4.69) is 62.0 Å². The predicted octanol–water partition coefficient (Wildman–Crippen LogP) is 5.04.